The fourth-order valence-electron chi connectivity index (χ4n) is 2.19. The van der Waals surface area contributed by atoms with Crippen molar-refractivity contribution >= 4 is 27.0 Å². The Hall–Kier alpha value is -1.68. The molecule has 0 amide bonds. The van der Waals surface area contributed by atoms with Gasteiger partial charge in [0.1, 0.15) is 11.6 Å². The molecular formula is C15H12BrFN2. The number of benzene rings is 2. The third-order valence-corrected chi connectivity index (χ3v) is 3.58. The van der Waals surface area contributed by atoms with Gasteiger partial charge in [-0.05, 0) is 43.7 Å². The first-order valence-electron chi connectivity index (χ1n) is 5.97. The molecule has 0 saturated carbocycles. The van der Waals surface area contributed by atoms with Gasteiger partial charge in [-0.15, -0.1) is 0 Å². The van der Waals surface area contributed by atoms with Crippen LogP contribution < -0.4 is 0 Å². The third kappa shape index (κ3) is 2.16. The van der Waals surface area contributed by atoms with Crippen LogP contribution in [0.3, 0.4) is 0 Å². The molecule has 19 heavy (non-hydrogen) atoms. The van der Waals surface area contributed by atoms with Crippen molar-refractivity contribution in [2.75, 3.05) is 0 Å². The van der Waals surface area contributed by atoms with Crippen molar-refractivity contribution in [2.45, 2.75) is 13.8 Å². The number of imidazole rings is 1. The zero-order valence-corrected chi connectivity index (χ0v) is 12.2. The molecule has 0 unspecified atom stereocenters. The van der Waals surface area contributed by atoms with Gasteiger partial charge in [0.15, 0.2) is 0 Å². The summed E-state index contributed by atoms with van der Waals surface area (Å²) in [5.74, 6) is 0.304. The lowest BCUT2D eigenvalue weighted by molar-refractivity contribution is 0.630. The van der Waals surface area contributed by atoms with Gasteiger partial charge in [0.2, 0.25) is 0 Å². The van der Waals surface area contributed by atoms with Gasteiger partial charge in [0.05, 0.1) is 16.6 Å². The summed E-state index contributed by atoms with van der Waals surface area (Å²) in [4.78, 5) is 7.69. The van der Waals surface area contributed by atoms with Crippen molar-refractivity contribution in [1.29, 1.82) is 0 Å². The Balaban J connectivity index is 2.26. The van der Waals surface area contributed by atoms with E-state index in [0.29, 0.717) is 11.4 Å². The van der Waals surface area contributed by atoms with Gasteiger partial charge >= 0.3 is 0 Å². The summed E-state index contributed by atoms with van der Waals surface area (Å²) in [6.07, 6.45) is 0. The van der Waals surface area contributed by atoms with Crippen LogP contribution in [-0.4, -0.2) is 9.97 Å². The summed E-state index contributed by atoms with van der Waals surface area (Å²) in [5.41, 5.74) is 4.35. The molecule has 0 radical (unpaired) electrons. The maximum Gasteiger partial charge on any atom is 0.141 e. The molecule has 2 nitrogen and oxygen atoms in total. The number of hydrogen-bond acceptors (Lipinski definition) is 1. The van der Waals surface area contributed by atoms with E-state index in [-0.39, 0.29) is 5.82 Å². The van der Waals surface area contributed by atoms with E-state index in [0.717, 1.165) is 26.6 Å². The minimum atomic E-state index is -0.263. The van der Waals surface area contributed by atoms with Crippen LogP contribution in [0.5, 0.6) is 0 Å². The molecule has 0 bridgehead atoms. The number of H-pyrrole nitrogens is 1. The highest BCUT2D eigenvalue weighted by atomic mass is 79.9. The molecule has 3 aromatic rings. The molecule has 0 aliphatic carbocycles. The van der Waals surface area contributed by atoms with Crippen LogP contribution in [0.25, 0.3) is 22.4 Å². The Kier molecular flexibility index (Phi) is 2.90. The Bertz CT molecular complexity index is 777. The predicted octanol–water partition coefficient (Wildman–Crippen LogP) is 4.75. The summed E-state index contributed by atoms with van der Waals surface area (Å²) in [6.45, 7) is 3.93. The van der Waals surface area contributed by atoms with E-state index in [1.165, 1.54) is 6.07 Å². The first-order chi connectivity index (χ1) is 9.04. The van der Waals surface area contributed by atoms with Gasteiger partial charge in [-0.3, -0.25) is 0 Å². The second kappa shape index (κ2) is 4.46. The number of fused-ring (bicyclic) bond motifs is 1. The van der Waals surface area contributed by atoms with Crippen LogP contribution in [0.1, 0.15) is 11.1 Å². The maximum atomic E-state index is 13.9. The van der Waals surface area contributed by atoms with Crippen molar-refractivity contribution in [3.8, 4) is 11.4 Å². The van der Waals surface area contributed by atoms with E-state index in [9.17, 15) is 4.39 Å². The number of aryl methyl sites for hydroxylation is 2. The lowest BCUT2D eigenvalue weighted by Crippen LogP contribution is -1.87. The van der Waals surface area contributed by atoms with Crippen molar-refractivity contribution in [3.05, 3.63) is 51.7 Å². The van der Waals surface area contributed by atoms with Crippen LogP contribution in [0.4, 0.5) is 4.39 Å². The number of hydrogen-bond donors (Lipinski definition) is 1. The highest BCUT2D eigenvalue weighted by Gasteiger charge is 2.12. The zero-order chi connectivity index (χ0) is 13.6. The van der Waals surface area contributed by atoms with Gasteiger partial charge in [-0.2, -0.15) is 0 Å². The van der Waals surface area contributed by atoms with E-state index in [1.54, 1.807) is 12.1 Å². The molecule has 0 atom stereocenters. The van der Waals surface area contributed by atoms with Gasteiger partial charge < -0.3 is 4.98 Å². The number of nitrogens with zero attached hydrogens (tertiary/aromatic N) is 1. The molecule has 3 rings (SSSR count). The Morgan fingerprint density at radius 1 is 1.16 bits per heavy atom. The first-order valence-corrected chi connectivity index (χ1v) is 6.76. The molecule has 0 fully saturated rings. The van der Waals surface area contributed by atoms with E-state index in [2.05, 4.69) is 25.9 Å². The minimum absolute atomic E-state index is 0.263. The number of aromatic nitrogens is 2. The largest absolute Gasteiger partial charge is 0.338 e. The fraction of sp³-hybridized carbons (Fsp3) is 0.133. The van der Waals surface area contributed by atoms with Crippen molar-refractivity contribution < 1.29 is 4.39 Å². The van der Waals surface area contributed by atoms with Gasteiger partial charge in [-0.1, -0.05) is 27.6 Å². The van der Waals surface area contributed by atoms with Gasteiger partial charge in [-0.25, -0.2) is 9.37 Å². The highest BCUT2D eigenvalue weighted by molar-refractivity contribution is 9.10. The lowest BCUT2D eigenvalue weighted by atomic mass is 10.1. The van der Waals surface area contributed by atoms with Crippen molar-refractivity contribution in [3.63, 3.8) is 0 Å². The summed E-state index contributed by atoms with van der Waals surface area (Å²) in [7, 11) is 0. The zero-order valence-electron chi connectivity index (χ0n) is 10.6. The smallest absolute Gasteiger partial charge is 0.141 e. The van der Waals surface area contributed by atoms with Crippen molar-refractivity contribution in [1.82, 2.24) is 9.97 Å². The molecule has 96 valence electrons. The quantitative estimate of drug-likeness (QED) is 0.689. The van der Waals surface area contributed by atoms with Gasteiger partial charge in [0, 0.05) is 4.47 Å². The molecule has 1 aromatic heterocycles. The molecule has 1 heterocycles. The standard InChI is InChI=1S/C15H12BrFN2/c1-8-3-4-12(17)11(5-8)15-18-13-7-10(16)6-9(2)14(13)19-15/h3-7H,1-2H3,(H,18,19). The fourth-order valence-corrected chi connectivity index (χ4v) is 2.77. The number of aromatic amines is 1. The monoisotopic (exact) mass is 318 g/mol. The summed E-state index contributed by atoms with van der Waals surface area (Å²) >= 11 is 3.45. The second-order valence-corrected chi connectivity index (χ2v) is 5.60. The number of nitrogens with one attached hydrogen (secondary N) is 1. The molecule has 1 N–H and O–H groups in total. The van der Waals surface area contributed by atoms with Crippen LogP contribution >= 0.6 is 15.9 Å². The summed E-state index contributed by atoms with van der Waals surface area (Å²) < 4.78 is 14.9. The average molecular weight is 319 g/mol. The normalized spacial score (nSPS) is 11.2. The number of rotatable bonds is 1. The molecule has 0 spiro atoms. The third-order valence-electron chi connectivity index (χ3n) is 3.12. The molecular weight excluding hydrogens is 307 g/mol. The van der Waals surface area contributed by atoms with Crippen LogP contribution in [0.15, 0.2) is 34.8 Å². The molecule has 2 aromatic carbocycles. The SMILES string of the molecule is Cc1ccc(F)c(-c2nc3c(C)cc(Br)cc3[nH]2)c1. The molecule has 0 aliphatic rings. The van der Waals surface area contributed by atoms with Crippen molar-refractivity contribution in [2.24, 2.45) is 0 Å². The average Bonchev–Trinajstić information content (AvgIpc) is 2.76. The van der Waals surface area contributed by atoms with Crippen LogP contribution in [0, 0.1) is 19.7 Å². The van der Waals surface area contributed by atoms with Crippen LogP contribution in [0.2, 0.25) is 0 Å². The minimum Gasteiger partial charge on any atom is -0.338 e. The van der Waals surface area contributed by atoms with E-state index in [4.69, 9.17) is 0 Å². The number of halogens is 2. The van der Waals surface area contributed by atoms with E-state index >= 15 is 0 Å². The summed E-state index contributed by atoms with van der Waals surface area (Å²) in [5, 5.41) is 0. The highest BCUT2D eigenvalue weighted by Crippen LogP contribution is 2.27. The van der Waals surface area contributed by atoms with Gasteiger partial charge in [0.25, 0.3) is 0 Å². The Morgan fingerprint density at radius 2 is 1.95 bits per heavy atom. The van der Waals surface area contributed by atoms with E-state index in [1.807, 2.05) is 26.0 Å². The maximum absolute atomic E-state index is 13.9. The lowest BCUT2D eigenvalue weighted by Gasteiger charge is -2.00. The summed E-state index contributed by atoms with van der Waals surface area (Å²) in [6, 6.07) is 8.98. The molecule has 4 heteroatoms. The first kappa shape index (κ1) is 12.4. The van der Waals surface area contributed by atoms with Crippen LogP contribution in [-0.2, 0) is 0 Å². The molecule has 0 aliphatic heterocycles. The second-order valence-electron chi connectivity index (χ2n) is 4.69. The Labute approximate surface area is 118 Å². The topological polar surface area (TPSA) is 28.7 Å². The van der Waals surface area contributed by atoms with E-state index < -0.39 is 0 Å². The predicted molar refractivity (Wildman–Crippen MR) is 78.7 cm³/mol. The molecule has 0 saturated heterocycles. The Morgan fingerprint density at radius 3 is 2.74 bits per heavy atom.